The Hall–Kier alpha value is -8.92. The number of benzene rings is 5. The molecule has 4 N–H and O–H groups in total. The van der Waals surface area contributed by atoms with Gasteiger partial charge in [0.15, 0.2) is 0 Å². The fourth-order valence-corrected chi connectivity index (χ4v) is 21.8. The Morgan fingerprint density at radius 3 is 1.03 bits per heavy atom. The van der Waals surface area contributed by atoms with Gasteiger partial charge in [-0.05, 0) is 249 Å². The van der Waals surface area contributed by atoms with Gasteiger partial charge in [0.05, 0.1) is 138 Å². The average Bonchev–Trinajstić information content (AvgIpc) is 1.64. The molecule has 17 nitrogen and oxygen atoms in total. The number of hydrogen-bond donors (Lipinski definition) is 4. The number of carbonyl (C=O) groups excluding carboxylic acids is 4. The third kappa shape index (κ3) is 26.0. The first-order chi connectivity index (χ1) is 63.8. The minimum Gasteiger partial charge on any atom is -0.350 e. The summed E-state index contributed by atoms with van der Waals surface area (Å²) in [5, 5.41) is 35.8. The van der Waals surface area contributed by atoms with E-state index >= 15 is 0 Å². The molecule has 0 unspecified atom stereocenters. The molecule has 132 heavy (non-hydrogen) atoms. The first kappa shape index (κ1) is 101. The molecule has 5 aromatic carbocycles. The molecule has 4 amide bonds. The van der Waals surface area contributed by atoms with Crippen LogP contribution in [0.1, 0.15) is 198 Å². The third-order valence-electron chi connectivity index (χ3n) is 22.4. The normalized spacial score (nSPS) is 12.9. The molecule has 0 bridgehead atoms. The number of carbonyl (C=O) groups is 4. The number of hydrogen-bond acceptors (Lipinski definition) is 13. The van der Waals surface area contributed by atoms with E-state index in [0.717, 1.165) is 204 Å². The van der Waals surface area contributed by atoms with Crippen LogP contribution < -0.4 is 21.3 Å². The molecule has 9 heterocycles. The predicted octanol–water partition coefficient (Wildman–Crippen LogP) is 31.0. The van der Waals surface area contributed by atoms with Crippen LogP contribution in [0.3, 0.4) is 0 Å². The van der Waals surface area contributed by atoms with Crippen molar-refractivity contribution in [2.24, 2.45) is 11.8 Å². The first-order valence-corrected chi connectivity index (χ1v) is 51.2. The molecule has 16 rings (SSSR count). The van der Waals surface area contributed by atoms with Gasteiger partial charge >= 0.3 is 0 Å². The number of pyridine rings is 1. The summed E-state index contributed by atoms with van der Waals surface area (Å²) in [7, 11) is 0. The Morgan fingerprint density at radius 2 is 0.712 bits per heavy atom. The minimum absolute atomic E-state index is 0.113. The molecule has 0 radical (unpaired) electrons. The predicted molar refractivity (Wildman–Crippen MR) is 556 cm³/mol. The van der Waals surface area contributed by atoms with E-state index in [9.17, 15) is 19.2 Å². The van der Waals surface area contributed by atoms with E-state index < -0.39 is 0 Å². The lowest BCUT2D eigenvalue weighted by atomic mass is 9.88. The van der Waals surface area contributed by atoms with E-state index in [1.54, 1.807) is 113 Å². The Morgan fingerprint density at radius 1 is 0.386 bits per heavy atom. The molecule has 2 fully saturated rings. The number of rotatable bonds is 29. The van der Waals surface area contributed by atoms with Crippen LogP contribution in [0.25, 0.3) is 83.3 Å². The Bertz CT molecular complexity index is 6470. The minimum atomic E-state index is -0.250. The Balaban J connectivity index is 0.000000150. The van der Waals surface area contributed by atoms with Crippen molar-refractivity contribution in [2.75, 3.05) is 0 Å². The second-order valence-corrected chi connectivity index (χ2v) is 41.2. The smallest absolute Gasteiger partial charge is 0.270 e. The van der Waals surface area contributed by atoms with E-state index in [1.807, 2.05) is 94.1 Å². The lowest BCUT2D eigenvalue weighted by Crippen LogP contribution is -2.31. The summed E-state index contributed by atoms with van der Waals surface area (Å²) in [6, 6.07) is 50.5. The number of thiophene rings is 4. The zero-order valence-corrected chi connectivity index (χ0v) is 85.4. The molecule has 0 atom stereocenters. The molecule has 0 aliphatic heterocycles. The van der Waals surface area contributed by atoms with Gasteiger partial charge in [0, 0.05) is 85.0 Å². The van der Waals surface area contributed by atoms with Crippen LogP contribution in [-0.4, -0.2) is 67.7 Å². The molecule has 2 aliphatic rings. The number of nitrogens with one attached hydrogen (secondary N) is 4. The van der Waals surface area contributed by atoms with Crippen LogP contribution >= 0.6 is 166 Å². The van der Waals surface area contributed by atoms with E-state index in [-0.39, 0.29) is 42.0 Å². The van der Waals surface area contributed by atoms with E-state index in [4.69, 9.17) is 125 Å². The van der Waals surface area contributed by atoms with Gasteiger partial charge in [-0.15, -0.1) is 45.3 Å². The number of halogens is 10. The summed E-state index contributed by atoms with van der Waals surface area (Å²) in [6.45, 7) is 16.0. The number of amides is 4. The molecule has 2 saturated carbocycles. The largest absolute Gasteiger partial charge is 0.350 e. The second-order valence-electron chi connectivity index (χ2n) is 31.8. The fourth-order valence-electron chi connectivity index (χ4n) is 15.4. The van der Waals surface area contributed by atoms with Gasteiger partial charge < -0.3 is 21.3 Å². The summed E-state index contributed by atoms with van der Waals surface area (Å²) >= 11 is 66.8. The van der Waals surface area contributed by atoms with Crippen LogP contribution in [-0.2, 0) is 35.8 Å². The number of nitrogens with zero attached hydrogens (tertiary/aromatic N) is 9. The molecule has 0 spiro atoms. The van der Waals surface area contributed by atoms with Gasteiger partial charge in [0.1, 0.15) is 5.69 Å². The highest BCUT2D eigenvalue weighted by atomic mass is 79.9. The SMILES string of the molecule is CCC/C=C/c1ccc(-c2c(C)c(CNC(=O)C3CCCCC3)nn2-c2ccc(Cl)cc2Cl)s1.CCC/C=C/c1ccc(-c2c(C)c(CNC(=O)c3ccc(Br)cc3)nn2-c2ccc(Cl)cc2Cl)s1.CCC/C=C/c1ccc(-c2c(C)c(CNC(=O)c3ccccn3)nn2-c2ccc(Cl)cc2Cl)s1.Cc1c(CNC(=O)C2CCCC2)nn(-c2ccc(Cl)cc2Cl)c1-c1ccc(Cl)s1. The maximum atomic E-state index is 12.7. The maximum absolute atomic E-state index is 12.7. The standard InChI is InChI=1S/C27H24BrCl2N3OS.C27H31Cl2N3OS.C26H24Cl2N4OS.C21H20Cl3N3OS/c1-3-4-5-6-21-12-14-25(35-21)26-17(2)23(16-31-27(34)18-7-9-19(28)10-8-18)32-33(26)24-13-11-20(29)15-22(24)30;1-3-4-6-11-21-13-15-25(34-21)26-18(2)23(17-30-27(33)19-9-7-5-8-10-19)31-32(26)24-14-12-20(28)16-22(24)29;1-3-4-5-8-19-11-13-24(34-19)25-17(2)22(16-30-26(33)21-9-6-7-14-29-21)31-32(25)23-12-10-18(27)15-20(23)28;1-12-16(11-25-21(28)13-4-2-3-5-13)26-27(17-7-6-14(22)10-15(17)23)20(12)18-8-9-19(24)29-18/h5-15H,3-4,16H2,1-2H3,(H,31,34);6,11-16,19H,3-5,7-10,17H2,1-2H3,(H,30,33);5-15H,3-4,16H2,1-2H3,(H,30,33);6-10,13H,2-5,11H2,1H3,(H,25,28)/b6-5+;11-6+;8-5+;. The highest BCUT2D eigenvalue weighted by Gasteiger charge is 2.30. The summed E-state index contributed by atoms with van der Waals surface area (Å²) in [5.41, 5.74) is 14.9. The van der Waals surface area contributed by atoms with Gasteiger partial charge in [-0.3, -0.25) is 24.2 Å². The quantitative estimate of drug-likeness (QED) is 0.0352. The van der Waals surface area contributed by atoms with Crippen molar-refractivity contribution in [1.82, 2.24) is 65.4 Å². The number of unbranched alkanes of at least 4 members (excludes halogenated alkanes) is 3. The Labute approximate surface area is 840 Å². The second kappa shape index (κ2) is 48.5. The molecular formula is C101H99BrCl9N13O4S4. The summed E-state index contributed by atoms with van der Waals surface area (Å²) in [4.78, 5) is 62.3. The molecular weight excluding hydrogens is 1990 g/mol. The number of aromatic nitrogens is 9. The van der Waals surface area contributed by atoms with Gasteiger partial charge in [0.2, 0.25) is 11.8 Å². The lowest BCUT2D eigenvalue weighted by Gasteiger charge is -2.20. The van der Waals surface area contributed by atoms with Crippen molar-refractivity contribution >= 4 is 208 Å². The zero-order chi connectivity index (χ0) is 93.6. The van der Waals surface area contributed by atoms with Crippen LogP contribution in [0.2, 0.25) is 44.5 Å². The van der Waals surface area contributed by atoms with Gasteiger partial charge in [-0.1, -0.05) is 217 Å². The fraction of sp³-hybridized carbons (Fsp3) is 0.277. The van der Waals surface area contributed by atoms with Crippen molar-refractivity contribution in [2.45, 2.75) is 171 Å². The van der Waals surface area contributed by atoms with Gasteiger partial charge in [0.25, 0.3) is 11.8 Å². The van der Waals surface area contributed by atoms with Gasteiger partial charge in [-0.25, -0.2) is 18.7 Å². The average molecular weight is 2090 g/mol. The molecule has 31 heteroatoms. The van der Waals surface area contributed by atoms with Crippen molar-refractivity contribution in [3.8, 4) is 65.0 Å². The van der Waals surface area contributed by atoms with Crippen molar-refractivity contribution in [3.05, 3.63) is 308 Å². The van der Waals surface area contributed by atoms with Gasteiger partial charge in [-0.2, -0.15) is 20.4 Å². The van der Waals surface area contributed by atoms with E-state index in [1.165, 1.54) is 32.4 Å². The summed E-state index contributed by atoms with van der Waals surface area (Å²) in [5.74, 6) is 0.0905. The maximum Gasteiger partial charge on any atom is 0.270 e. The molecule has 2 aliphatic carbocycles. The summed E-state index contributed by atoms with van der Waals surface area (Å²) < 4.78 is 9.01. The van der Waals surface area contributed by atoms with Crippen LogP contribution in [0, 0.1) is 39.5 Å². The monoisotopic (exact) mass is 2080 g/mol. The zero-order valence-electron chi connectivity index (χ0n) is 73.8. The first-order valence-electron chi connectivity index (χ1n) is 43.8. The Kier molecular flexibility index (Phi) is 36.9. The van der Waals surface area contributed by atoms with Crippen LogP contribution in [0.15, 0.2) is 193 Å². The molecule has 9 aromatic heterocycles. The summed E-state index contributed by atoms with van der Waals surface area (Å²) in [6.07, 6.45) is 30.9. The highest BCUT2D eigenvalue weighted by Crippen LogP contribution is 2.43. The van der Waals surface area contributed by atoms with Crippen molar-refractivity contribution < 1.29 is 19.2 Å². The van der Waals surface area contributed by atoms with Crippen LogP contribution in [0.4, 0.5) is 0 Å². The number of allylic oxidation sites excluding steroid dienone is 3. The topological polar surface area (TPSA) is 201 Å². The van der Waals surface area contributed by atoms with Crippen LogP contribution in [0.5, 0.6) is 0 Å². The molecule has 0 saturated heterocycles. The van der Waals surface area contributed by atoms with E-state index in [2.05, 4.69) is 143 Å². The lowest BCUT2D eigenvalue weighted by molar-refractivity contribution is -0.126. The van der Waals surface area contributed by atoms with Crippen molar-refractivity contribution in [3.63, 3.8) is 0 Å². The van der Waals surface area contributed by atoms with E-state index in [0.29, 0.717) is 75.4 Å². The molecule has 686 valence electrons. The van der Waals surface area contributed by atoms with Crippen molar-refractivity contribution in [1.29, 1.82) is 0 Å². The third-order valence-corrected chi connectivity index (χ3v) is 29.5. The highest BCUT2D eigenvalue weighted by molar-refractivity contribution is 9.10. The molecule has 14 aromatic rings.